The highest BCUT2D eigenvalue weighted by Crippen LogP contribution is 2.18. The molecule has 0 spiro atoms. The third-order valence-corrected chi connectivity index (χ3v) is 4.10. The lowest BCUT2D eigenvalue weighted by molar-refractivity contribution is 0.0430. The van der Waals surface area contributed by atoms with E-state index in [0.29, 0.717) is 24.5 Å². The molecule has 1 N–H and O–H groups in total. The lowest BCUT2D eigenvalue weighted by Gasteiger charge is -2.14. The van der Waals surface area contributed by atoms with Crippen LogP contribution in [0.15, 0.2) is 59.1 Å². The van der Waals surface area contributed by atoms with Crippen LogP contribution in [-0.2, 0) is 11.3 Å². The molecule has 0 radical (unpaired) electrons. The highest BCUT2D eigenvalue weighted by molar-refractivity contribution is 5.95. The van der Waals surface area contributed by atoms with E-state index in [4.69, 9.17) is 9.26 Å². The van der Waals surface area contributed by atoms with Gasteiger partial charge in [0.25, 0.3) is 5.89 Å². The summed E-state index contributed by atoms with van der Waals surface area (Å²) >= 11 is 0. The predicted molar refractivity (Wildman–Crippen MR) is 96.0 cm³/mol. The van der Waals surface area contributed by atoms with E-state index in [2.05, 4.69) is 15.5 Å². The van der Waals surface area contributed by atoms with Gasteiger partial charge in [-0.2, -0.15) is 4.98 Å². The molecule has 2 aromatic carbocycles. The van der Waals surface area contributed by atoms with Gasteiger partial charge in [0.1, 0.15) is 0 Å². The second-order valence-electron chi connectivity index (χ2n) is 5.88. The first-order chi connectivity index (χ1) is 13.2. The van der Waals surface area contributed by atoms with E-state index in [1.807, 2.05) is 30.3 Å². The number of benzene rings is 2. The minimum absolute atomic E-state index is 0.116. The summed E-state index contributed by atoms with van der Waals surface area (Å²) < 4.78 is 10.3. The number of nitrogens with one attached hydrogen (secondary N) is 1. The number of urea groups is 1. The molecule has 8 nitrogen and oxygen atoms in total. The van der Waals surface area contributed by atoms with Crippen molar-refractivity contribution in [2.75, 3.05) is 18.0 Å². The third kappa shape index (κ3) is 3.64. The Labute approximate surface area is 154 Å². The molecule has 27 heavy (non-hydrogen) atoms. The molecular weight excluding hydrogens is 348 g/mol. The standard InChI is InChI=1S/C19H16N4O4/c24-18(14-6-8-15(9-7-14)23-11-10-20-19(23)25)26-12-16-21-17(22-27-16)13-4-2-1-3-5-13/h1-9H,10-12H2,(H,20,25). The molecule has 2 amide bonds. The van der Waals surface area contributed by atoms with E-state index < -0.39 is 5.97 Å². The van der Waals surface area contributed by atoms with Gasteiger partial charge in [-0.3, -0.25) is 4.90 Å². The van der Waals surface area contributed by atoms with Crippen molar-refractivity contribution in [3.05, 3.63) is 66.1 Å². The van der Waals surface area contributed by atoms with Crippen molar-refractivity contribution >= 4 is 17.7 Å². The van der Waals surface area contributed by atoms with E-state index in [9.17, 15) is 9.59 Å². The SMILES string of the molecule is O=C(OCc1nc(-c2ccccc2)no1)c1ccc(N2CCNC2=O)cc1. The van der Waals surface area contributed by atoms with Gasteiger partial charge in [-0.1, -0.05) is 35.5 Å². The fourth-order valence-electron chi connectivity index (χ4n) is 2.72. The van der Waals surface area contributed by atoms with Crippen LogP contribution in [0, 0.1) is 0 Å². The summed E-state index contributed by atoms with van der Waals surface area (Å²) in [7, 11) is 0. The number of nitrogens with zero attached hydrogens (tertiary/aromatic N) is 3. The van der Waals surface area contributed by atoms with Gasteiger partial charge < -0.3 is 14.6 Å². The van der Waals surface area contributed by atoms with Crippen molar-refractivity contribution in [2.24, 2.45) is 0 Å². The molecule has 0 saturated carbocycles. The Morgan fingerprint density at radius 2 is 1.93 bits per heavy atom. The van der Waals surface area contributed by atoms with Crippen molar-refractivity contribution < 1.29 is 18.8 Å². The van der Waals surface area contributed by atoms with E-state index in [1.54, 1.807) is 29.2 Å². The van der Waals surface area contributed by atoms with E-state index in [-0.39, 0.29) is 18.5 Å². The van der Waals surface area contributed by atoms with Gasteiger partial charge in [0.15, 0.2) is 6.61 Å². The second-order valence-corrected chi connectivity index (χ2v) is 5.88. The maximum absolute atomic E-state index is 12.2. The van der Waals surface area contributed by atoms with Gasteiger partial charge in [-0.05, 0) is 24.3 Å². The van der Waals surface area contributed by atoms with Crippen LogP contribution in [0.3, 0.4) is 0 Å². The lowest BCUT2D eigenvalue weighted by Crippen LogP contribution is -2.27. The molecule has 4 rings (SSSR count). The fourth-order valence-corrected chi connectivity index (χ4v) is 2.72. The van der Waals surface area contributed by atoms with Crippen LogP contribution in [0.4, 0.5) is 10.5 Å². The molecule has 1 saturated heterocycles. The summed E-state index contributed by atoms with van der Waals surface area (Å²) in [6.07, 6.45) is 0. The summed E-state index contributed by atoms with van der Waals surface area (Å²) in [6.45, 7) is 1.09. The minimum atomic E-state index is -0.508. The number of hydrogen-bond donors (Lipinski definition) is 1. The van der Waals surface area contributed by atoms with Crippen LogP contribution in [0.25, 0.3) is 11.4 Å². The molecule has 1 aromatic heterocycles. The molecule has 0 aliphatic carbocycles. The van der Waals surface area contributed by atoms with Crippen LogP contribution < -0.4 is 10.2 Å². The molecule has 1 aliphatic heterocycles. The first kappa shape index (κ1) is 16.8. The summed E-state index contributed by atoms with van der Waals surface area (Å²) in [5.41, 5.74) is 1.92. The van der Waals surface area contributed by atoms with Gasteiger partial charge in [-0.25, -0.2) is 9.59 Å². The number of carbonyl (C=O) groups excluding carboxylic acids is 2. The Bertz CT molecular complexity index is 953. The number of carbonyl (C=O) groups is 2. The second kappa shape index (κ2) is 7.28. The quantitative estimate of drug-likeness (QED) is 0.699. The number of hydrogen-bond acceptors (Lipinski definition) is 6. The zero-order valence-electron chi connectivity index (χ0n) is 14.3. The fraction of sp³-hybridized carbons (Fsp3) is 0.158. The molecule has 136 valence electrons. The van der Waals surface area contributed by atoms with Crippen molar-refractivity contribution in [3.63, 3.8) is 0 Å². The smallest absolute Gasteiger partial charge is 0.338 e. The van der Waals surface area contributed by atoms with Crippen LogP contribution in [0.5, 0.6) is 0 Å². The Kier molecular flexibility index (Phi) is 4.52. The van der Waals surface area contributed by atoms with E-state index >= 15 is 0 Å². The van der Waals surface area contributed by atoms with Crippen molar-refractivity contribution in [1.82, 2.24) is 15.5 Å². The number of rotatable bonds is 5. The first-order valence-electron chi connectivity index (χ1n) is 8.41. The molecular formula is C19H16N4O4. The maximum Gasteiger partial charge on any atom is 0.338 e. The number of ether oxygens (including phenoxy) is 1. The van der Waals surface area contributed by atoms with Gasteiger partial charge in [0.05, 0.1) is 5.56 Å². The van der Waals surface area contributed by atoms with Gasteiger partial charge in [0, 0.05) is 24.3 Å². The zero-order chi connectivity index (χ0) is 18.6. The molecule has 0 atom stereocenters. The largest absolute Gasteiger partial charge is 0.452 e. The van der Waals surface area contributed by atoms with Crippen molar-refractivity contribution in [2.45, 2.75) is 6.61 Å². The molecule has 0 unspecified atom stereocenters. The Balaban J connectivity index is 1.37. The Morgan fingerprint density at radius 1 is 1.15 bits per heavy atom. The number of amides is 2. The highest BCUT2D eigenvalue weighted by atomic mass is 16.6. The van der Waals surface area contributed by atoms with Crippen LogP contribution >= 0.6 is 0 Å². The molecule has 1 fully saturated rings. The number of aromatic nitrogens is 2. The predicted octanol–water partition coefficient (Wildman–Crippen LogP) is 2.62. The average molecular weight is 364 g/mol. The van der Waals surface area contributed by atoms with Crippen molar-refractivity contribution in [3.8, 4) is 11.4 Å². The monoisotopic (exact) mass is 364 g/mol. The summed E-state index contributed by atoms with van der Waals surface area (Å²) in [5, 5.41) is 6.61. The van der Waals surface area contributed by atoms with Gasteiger partial charge >= 0.3 is 12.0 Å². The number of esters is 1. The van der Waals surface area contributed by atoms with Crippen LogP contribution in [0.2, 0.25) is 0 Å². The topological polar surface area (TPSA) is 97.6 Å². The summed E-state index contributed by atoms with van der Waals surface area (Å²) in [6, 6.07) is 15.9. The van der Waals surface area contributed by atoms with Crippen LogP contribution in [0.1, 0.15) is 16.2 Å². The Morgan fingerprint density at radius 3 is 2.63 bits per heavy atom. The molecule has 0 bridgehead atoms. The zero-order valence-corrected chi connectivity index (χ0v) is 14.3. The normalized spacial score (nSPS) is 13.5. The molecule has 8 heteroatoms. The van der Waals surface area contributed by atoms with Crippen LogP contribution in [-0.4, -0.2) is 35.2 Å². The molecule has 2 heterocycles. The van der Waals surface area contributed by atoms with E-state index in [1.165, 1.54) is 0 Å². The van der Waals surface area contributed by atoms with E-state index in [0.717, 1.165) is 11.3 Å². The van der Waals surface area contributed by atoms with Gasteiger partial charge in [-0.15, -0.1) is 0 Å². The van der Waals surface area contributed by atoms with Gasteiger partial charge in [0.2, 0.25) is 5.82 Å². The minimum Gasteiger partial charge on any atom is -0.452 e. The highest BCUT2D eigenvalue weighted by Gasteiger charge is 2.21. The first-order valence-corrected chi connectivity index (χ1v) is 8.41. The summed E-state index contributed by atoms with van der Waals surface area (Å²) in [4.78, 5) is 29.7. The lowest BCUT2D eigenvalue weighted by atomic mass is 10.2. The number of anilines is 1. The molecule has 3 aromatic rings. The average Bonchev–Trinajstić information content (AvgIpc) is 3.36. The third-order valence-electron chi connectivity index (χ3n) is 4.10. The summed E-state index contributed by atoms with van der Waals surface area (Å²) in [5.74, 6) is 0.148. The Hall–Kier alpha value is -3.68. The molecule has 1 aliphatic rings. The van der Waals surface area contributed by atoms with Crippen molar-refractivity contribution in [1.29, 1.82) is 0 Å². The maximum atomic E-state index is 12.2.